The van der Waals surface area contributed by atoms with Gasteiger partial charge in [-0.25, -0.2) is 0 Å². The number of hydrogen-bond acceptors (Lipinski definition) is 4. The fourth-order valence-electron chi connectivity index (χ4n) is 4.01. The molecule has 2 aromatic carbocycles. The maximum absolute atomic E-state index is 11.8. The van der Waals surface area contributed by atoms with Crippen molar-refractivity contribution >= 4 is 34.8 Å². The molecule has 0 saturated carbocycles. The number of ether oxygens (including phenoxy) is 1. The van der Waals surface area contributed by atoms with E-state index in [-0.39, 0.29) is 18.4 Å². The third-order valence-corrected chi connectivity index (χ3v) is 5.88. The Morgan fingerprint density at radius 2 is 2.07 bits per heavy atom. The largest absolute Gasteiger partial charge is 0.495 e. The summed E-state index contributed by atoms with van der Waals surface area (Å²) in [5.41, 5.74) is -0.0932. The zero-order chi connectivity index (χ0) is 18.7. The molecule has 150 valence electrons. The lowest BCUT2D eigenvalue weighted by Gasteiger charge is -2.49. The topological polar surface area (TPSA) is 44.7 Å². The number of methoxy groups -OCH3 is 1. The van der Waals surface area contributed by atoms with Crippen LogP contribution in [-0.4, -0.2) is 42.8 Å². The quantitative estimate of drug-likeness (QED) is 0.729. The van der Waals surface area contributed by atoms with Crippen LogP contribution in [0.5, 0.6) is 5.75 Å². The monoisotopic (exact) mass is 412 g/mol. The van der Waals surface area contributed by atoms with E-state index < -0.39 is 5.72 Å². The first kappa shape index (κ1) is 22.3. The number of piperazine rings is 1. The second-order valence-corrected chi connectivity index (χ2v) is 7.38. The van der Waals surface area contributed by atoms with Crippen molar-refractivity contribution in [3.63, 3.8) is 0 Å². The lowest BCUT2D eigenvalue weighted by molar-refractivity contribution is -0.159. The van der Waals surface area contributed by atoms with Gasteiger partial charge in [-0.15, -0.1) is 12.4 Å². The van der Waals surface area contributed by atoms with E-state index in [1.165, 1.54) is 0 Å². The molecule has 1 heterocycles. The van der Waals surface area contributed by atoms with Gasteiger partial charge in [-0.05, 0) is 30.4 Å². The molecule has 1 fully saturated rings. The van der Waals surface area contributed by atoms with E-state index in [2.05, 4.69) is 30.1 Å². The molecule has 2 N–H and O–H groups in total. The second-order valence-electron chi connectivity index (χ2n) is 7.00. The molecule has 6 heteroatoms. The molecule has 27 heavy (non-hydrogen) atoms. The molecule has 0 aromatic heterocycles. The molecule has 4 nitrogen and oxygen atoms in total. The lowest BCUT2D eigenvalue weighted by Crippen LogP contribution is -2.65. The first-order valence-corrected chi connectivity index (χ1v) is 9.91. The minimum Gasteiger partial charge on any atom is -0.495 e. The molecular weight excluding hydrogens is 383 g/mol. The van der Waals surface area contributed by atoms with E-state index >= 15 is 0 Å². The molecular formula is C21H30Cl2N2O2. The van der Waals surface area contributed by atoms with Crippen molar-refractivity contribution in [1.29, 1.82) is 0 Å². The van der Waals surface area contributed by atoms with Gasteiger partial charge in [0.2, 0.25) is 0 Å². The van der Waals surface area contributed by atoms with Crippen molar-refractivity contribution in [3.05, 3.63) is 40.9 Å². The minimum atomic E-state index is -1.01. The van der Waals surface area contributed by atoms with Gasteiger partial charge in [-0.1, -0.05) is 50.1 Å². The number of rotatable bonds is 6. The van der Waals surface area contributed by atoms with E-state index in [0.29, 0.717) is 10.8 Å². The highest BCUT2D eigenvalue weighted by molar-refractivity contribution is 6.37. The highest BCUT2D eigenvalue weighted by atomic mass is 35.5. The van der Waals surface area contributed by atoms with Gasteiger partial charge in [0.05, 0.1) is 18.2 Å². The summed E-state index contributed by atoms with van der Waals surface area (Å²) in [6.45, 7) is 6.95. The Labute approximate surface area is 173 Å². The van der Waals surface area contributed by atoms with Gasteiger partial charge in [0.25, 0.3) is 0 Å². The van der Waals surface area contributed by atoms with Crippen molar-refractivity contribution in [2.75, 3.05) is 26.7 Å². The number of aliphatic hydroxyl groups is 1. The van der Waals surface area contributed by atoms with E-state index in [1.54, 1.807) is 7.11 Å². The van der Waals surface area contributed by atoms with Crippen molar-refractivity contribution in [3.8, 4) is 5.75 Å². The van der Waals surface area contributed by atoms with Gasteiger partial charge in [0.1, 0.15) is 5.75 Å². The maximum atomic E-state index is 11.8. The van der Waals surface area contributed by atoms with Gasteiger partial charge >= 0.3 is 0 Å². The summed E-state index contributed by atoms with van der Waals surface area (Å²) >= 11 is 6.46. The van der Waals surface area contributed by atoms with Crippen LogP contribution in [0, 0.1) is 0 Å². The molecule has 0 spiro atoms. The minimum absolute atomic E-state index is 0. The van der Waals surface area contributed by atoms with Crippen LogP contribution in [0.1, 0.15) is 38.7 Å². The molecule has 0 radical (unpaired) electrons. The number of nitrogens with zero attached hydrogens (tertiary/aromatic N) is 1. The van der Waals surface area contributed by atoms with Crippen molar-refractivity contribution in [2.45, 2.75) is 44.9 Å². The van der Waals surface area contributed by atoms with Crippen molar-refractivity contribution in [1.82, 2.24) is 10.2 Å². The Morgan fingerprint density at radius 1 is 1.30 bits per heavy atom. The molecule has 0 aliphatic carbocycles. The number of benzene rings is 2. The van der Waals surface area contributed by atoms with Crippen LogP contribution in [0.25, 0.3) is 10.8 Å². The summed E-state index contributed by atoms with van der Waals surface area (Å²) in [5, 5.41) is 17.9. The number of halogens is 2. The fraction of sp³-hybridized carbons (Fsp3) is 0.524. The number of fused-ring (bicyclic) bond motifs is 1. The van der Waals surface area contributed by atoms with Crippen LogP contribution >= 0.6 is 24.0 Å². The molecule has 1 aliphatic rings. The number of hydrogen-bond donors (Lipinski definition) is 2. The number of nitrogens with one attached hydrogen (secondary N) is 1. The molecule has 2 aromatic rings. The highest BCUT2D eigenvalue weighted by Gasteiger charge is 2.45. The van der Waals surface area contributed by atoms with Crippen LogP contribution in [0.15, 0.2) is 30.3 Å². The van der Waals surface area contributed by atoms with E-state index in [1.807, 2.05) is 24.3 Å². The number of unbranched alkanes of at least 4 members (excludes halogenated alkanes) is 1. The predicted molar refractivity (Wildman–Crippen MR) is 115 cm³/mol. The van der Waals surface area contributed by atoms with Crippen molar-refractivity contribution in [2.24, 2.45) is 0 Å². The Kier molecular flexibility index (Phi) is 7.78. The second kappa shape index (κ2) is 9.44. The third-order valence-electron chi connectivity index (χ3n) is 5.49. The molecule has 0 amide bonds. The summed E-state index contributed by atoms with van der Waals surface area (Å²) in [7, 11) is 1.62. The van der Waals surface area contributed by atoms with Crippen LogP contribution in [0.4, 0.5) is 0 Å². The van der Waals surface area contributed by atoms with E-state index in [9.17, 15) is 5.11 Å². The normalized spacial score (nSPS) is 23.2. The summed E-state index contributed by atoms with van der Waals surface area (Å²) in [5.74, 6) is 0.668. The molecule has 1 aliphatic heterocycles. The standard InChI is InChI=1S/C21H29ClN2O2.ClH/c1-4-6-12-24-13-11-23-19(5-2)21(24,25)16-8-9-17-15(14-16)7-10-18(26-3)20(17)22;/h7-10,14,19,23,25H,4-6,11-13H2,1-3H3;1H. The van der Waals surface area contributed by atoms with E-state index in [4.69, 9.17) is 16.3 Å². The van der Waals surface area contributed by atoms with Gasteiger partial charge in [0, 0.05) is 30.6 Å². The molecule has 2 unspecified atom stereocenters. The van der Waals surface area contributed by atoms with Gasteiger partial charge in [-0.3, -0.25) is 4.90 Å². The summed E-state index contributed by atoms with van der Waals surface area (Å²) in [6.07, 6.45) is 3.06. The Balaban J connectivity index is 0.00000261. The first-order chi connectivity index (χ1) is 12.6. The van der Waals surface area contributed by atoms with Crippen molar-refractivity contribution < 1.29 is 9.84 Å². The Hall–Kier alpha value is -1.04. The average molecular weight is 413 g/mol. The summed E-state index contributed by atoms with van der Waals surface area (Å²) < 4.78 is 5.32. The van der Waals surface area contributed by atoms with Crippen LogP contribution in [0.2, 0.25) is 5.02 Å². The molecule has 1 saturated heterocycles. The van der Waals surface area contributed by atoms with E-state index in [0.717, 1.165) is 55.2 Å². The van der Waals surface area contributed by atoms with Gasteiger partial charge in [-0.2, -0.15) is 0 Å². The third kappa shape index (κ3) is 4.06. The highest BCUT2D eigenvalue weighted by Crippen LogP contribution is 2.38. The Morgan fingerprint density at radius 3 is 2.74 bits per heavy atom. The zero-order valence-corrected chi connectivity index (χ0v) is 17.9. The summed E-state index contributed by atoms with van der Waals surface area (Å²) in [6, 6.07) is 9.94. The smallest absolute Gasteiger partial charge is 0.160 e. The van der Waals surface area contributed by atoms with Crippen LogP contribution in [0.3, 0.4) is 0 Å². The first-order valence-electron chi connectivity index (χ1n) is 9.53. The summed E-state index contributed by atoms with van der Waals surface area (Å²) in [4.78, 5) is 2.23. The SMILES string of the molecule is CCCCN1CCNC(CC)C1(O)c1ccc2c(Cl)c(OC)ccc2c1.Cl. The van der Waals surface area contributed by atoms with Crippen LogP contribution in [-0.2, 0) is 5.72 Å². The van der Waals surface area contributed by atoms with Gasteiger partial charge in [0.15, 0.2) is 5.72 Å². The average Bonchev–Trinajstić information content (AvgIpc) is 2.67. The molecule has 3 rings (SSSR count). The van der Waals surface area contributed by atoms with Crippen LogP contribution < -0.4 is 10.1 Å². The molecule has 2 atom stereocenters. The Bertz CT molecular complexity index is 771. The zero-order valence-electron chi connectivity index (χ0n) is 16.3. The lowest BCUT2D eigenvalue weighted by atomic mass is 9.87. The molecule has 0 bridgehead atoms. The fourth-order valence-corrected chi connectivity index (χ4v) is 4.32. The maximum Gasteiger partial charge on any atom is 0.160 e. The predicted octanol–water partition coefficient (Wildman–Crippen LogP) is 4.55. The van der Waals surface area contributed by atoms with Gasteiger partial charge < -0.3 is 15.2 Å².